The van der Waals surface area contributed by atoms with Gasteiger partial charge >= 0.3 is 0 Å². The van der Waals surface area contributed by atoms with Gasteiger partial charge < -0.3 is 14.0 Å². The molecule has 1 unspecified atom stereocenters. The molecule has 3 nitrogen and oxygen atoms in total. The first-order chi connectivity index (χ1) is 23.5. The van der Waals surface area contributed by atoms with Gasteiger partial charge in [0.25, 0.3) is 0 Å². The van der Waals surface area contributed by atoms with Gasteiger partial charge in [-0.2, -0.15) is 0 Å². The average Bonchev–Trinajstić information content (AvgIpc) is 3.13. The molecule has 0 N–H and O–H groups in total. The first kappa shape index (κ1) is 28.6. The summed E-state index contributed by atoms with van der Waals surface area (Å²) in [4.78, 5) is 0. The number of rotatable bonds is 4. The number of ether oxygens (including phenoxy) is 2. The van der Waals surface area contributed by atoms with Gasteiger partial charge in [0.1, 0.15) is 16.8 Å². The molecule has 4 heteroatoms. The van der Waals surface area contributed by atoms with E-state index in [9.17, 15) is 0 Å². The molecule has 2 aliphatic rings. The highest BCUT2D eigenvalue weighted by Crippen LogP contribution is 2.63. The molecule has 0 radical (unpaired) electrons. The number of hydrogen-bond donors (Lipinski definition) is 0. The smallest absolute Gasteiger partial charge is 0.185 e. The molecule has 0 fully saturated rings. The van der Waals surface area contributed by atoms with E-state index < -0.39 is 7.14 Å². The van der Waals surface area contributed by atoms with Crippen LogP contribution in [0, 0.1) is 13.8 Å². The van der Waals surface area contributed by atoms with E-state index in [1.165, 1.54) is 0 Å². The molecule has 2 aliphatic heterocycles. The molecule has 7 aromatic rings. The molecule has 7 aromatic carbocycles. The lowest BCUT2D eigenvalue weighted by atomic mass is 9.94. The fourth-order valence-corrected chi connectivity index (χ4v) is 10.4. The van der Waals surface area contributed by atoms with Crippen molar-refractivity contribution in [1.82, 2.24) is 0 Å². The maximum absolute atomic E-state index is 16.7. The number of hydrogen-bond acceptors (Lipinski definition) is 3. The van der Waals surface area contributed by atoms with Crippen molar-refractivity contribution in [2.45, 2.75) is 13.8 Å². The first-order valence-electron chi connectivity index (χ1n) is 16.2. The Bertz CT molecular complexity index is 2450. The van der Waals surface area contributed by atoms with Gasteiger partial charge in [0, 0.05) is 22.3 Å². The van der Waals surface area contributed by atoms with E-state index in [2.05, 4.69) is 80.6 Å². The largest absolute Gasteiger partial charge is 0.454 e. The molecule has 230 valence electrons. The van der Waals surface area contributed by atoms with Crippen LogP contribution in [0.4, 0.5) is 0 Å². The number of fused-ring (bicyclic) bond motifs is 4. The van der Waals surface area contributed by atoms with Gasteiger partial charge in [-0.15, -0.1) is 0 Å². The van der Waals surface area contributed by atoms with Crippen molar-refractivity contribution in [3.8, 4) is 67.5 Å². The Labute approximate surface area is 280 Å². The maximum atomic E-state index is 16.7. The molecule has 9 rings (SSSR count). The van der Waals surface area contributed by atoms with Crippen LogP contribution in [0.3, 0.4) is 0 Å². The highest BCUT2D eigenvalue weighted by atomic mass is 31.2. The van der Waals surface area contributed by atoms with E-state index in [1.807, 2.05) is 84.9 Å². The predicted molar refractivity (Wildman–Crippen MR) is 197 cm³/mol. The topological polar surface area (TPSA) is 35.5 Å². The molecule has 0 amide bonds. The normalized spacial score (nSPS) is 15.4. The Morgan fingerprint density at radius 2 is 0.833 bits per heavy atom. The third kappa shape index (κ3) is 4.18. The van der Waals surface area contributed by atoms with Crippen LogP contribution in [0.1, 0.15) is 11.1 Å². The summed E-state index contributed by atoms with van der Waals surface area (Å²) in [6.45, 7) is 4.21. The minimum atomic E-state index is -3.58. The van der Waals surface area contributed by atoms with Crippen molar-refractivity contribution in [3.05, 3.63) is 163 Å². The molecule has 0 saturated carbocycles. The number of aryl methyl sites for hydroxylation is 2. The molecule has 0 aromatic heterocycles. The summed E-state index contributed by atoms with van der Waals surface area (Å²) in [6.07, 6.45) is 0. The molecular weight excluding hydrogens is 607 g/mol. The third-order valence-electron chi connectivity index (χ3n) is 9.64. The van der Waals surface area contributed by atoms with Crippen LogP contribution in [-0.2, 0) is 4.57 Å². The molecule has 0 saturated heterocycles. The van der Waals surface area contributed by atoms with E-state index >= 15 is 4.57 Å². The number of para-hydroxylation sites is 2. The molecule has 0 bridgehead atoms. The van der Waals surface area contributed by atoms with Crippen molar-refractivity contribution < 1.29 is 14.0 Å². The van der Waals surface area contributed by atoms with Crippen LogP contribution in [0.2, 0.25) is 0 Å². The van der Waals surface area contributed by atoms with Crippen molar-refractivity contribution in [3.63, 3.8) is 0 Å². The quantitative estimate of drug-likeness (QED) is 0.180. The predicted octanol–water partition coefficient (Wildman–Crippen LogP) is 10.8. The second kappa shape index (κ2) is 11.0. The minimum absolute atomic E-state index is 0.584. The van der Waals surface area contributed by atoms with Gasteiger partial charge in [-0.05, 0) is 65.4 Å². The second-order valence-electron chi connectivity index (χ2n) is 12.5. The molecule has 0 aliphatic carbocycles. The zero-order chi connectivity index (χ0) is 32.4. The van der Waals surface area contributed by atoms with E-state index in [4.69, 9.17) is 9.47 Å². The standard InChI is InChI=1S/C44H31O3P/c1-28-15-9-11-21-32(28)35-24-14-26-39-41(35)47-42-36(31-19-7-4-8-20-31)27-37(33-22-12-10-16-29(33)2)43-44(42)48(39,45)38-25-13-23-34(40(38)46-43)30-17-5-3-6-18-30/h3-27H,1-2H3. The van der Waals surface area contributed by atoms with Gasteiger partial charge in [0.05, 0.1) is 10.6 Å². The summed E-state index contributed by atoms with van der Waals surface area (Å²) < 4.78 is 30.9. The lowest BCUT2D eigenvalue weighted by Gasteiger charge is -2.38. The van der Waals surface area contributed by atoms with E-state index in [0.29, 0.717) is 38.9 Å². The maximum Gasteiger partial charge on any atom is 0.185 e. The minimum Gasteiger partial charge on any atom is -0.454 e. The molecular formula is C44H31O3P. The van der Waals surface area contributed by atoms with Crippen molar-refractivity contribution in [2.75, 3.05) is 0 Å². The molecule has 48 heavy (non-hydrogen) atoms. The summed E-state index contributed by atoms with van der Waals surface area (Å²) >= 11 is 0. The van der Waals surface area contributed by atoms with Crippen LogP contribution >= 0.6 is 7.14 Å². The van der Waals surface area contributed by atoms with E-state index in [1.54, 1.807) is 0 Å². The fourth-order valence-electron chi connectivity index (χ4n) is 7.30. The van der Waals surface area contributed by atoms with Gasteiger partial charge in [-0.3, -0.25) is 0 Å². The fraction of sp³-hybridized carbons (Fsp3) is 0.0455. The zero-order valence-electron chi connectivity index (χ0n) is 26.6. The van der Waals surface area contributed by atoms with Crippen LogP contribution in [0.25, 0.3) is 44.5 Å². The number of benzene rings is 7. The highest BCUT2D eigenvalue weighted by Gasteiger charge is 2.49. The second-order valence-corrected chi connectivity index (χ2v) is 15.1. The summed E-state index contributed by atoms with van der Waals surface area (Å²) in [5.41, 5.74) is 9.88. The van der Waals surface area contributed by atoms with Crippen molar-refractivity contribution in [1.29, 1.82) is 0 Å². The lowest BCUT2D eigenvalue weighted by molar-refractivity contribution is 0.465. The Morgan fingerprint density at radius 3 is 1.42 bits per heavy atom. The average molecular weight is 639 g/mol. The summed E-state index contributed by atoms with van der Waals surface area (Å²) in [6, 6.07) is 51.3. The van der Waals surface area contributed by atoms with E-state index in [0.717, 1.165) is 55.6 Å². The van der Waals surface area contributed by atoms with Crippen molar-refractivity contribution >= 4 is 23.1 Å². The Kier molecular flexibility index (Phi) is 6.54. The van der Waals surface area contributed by atoms with Gasteiger partial charge in [-0.25, -0.2) is 0 Å². The summed E-state index contributed by atoms with van der Waals surface area (Å²) in [5.74, 6) is 2.43. The zero-order valence-corrected chi connectivity index (χ0v) is 27.5. The van der Waals surface area contributed by atoms with Gasteiger partial charge in [0.15, 0.2) is 18.6 Å². The third-order valence-corrected chi connectivity index (χ3v) is 12.7. The van der Waals surface area contributed by atoms with Crippen LogP contribution in [0.15, 0.2) is 152 Å². The lowest BCUT2D eigenvalue weighted by Crippen LogP contribution is -2.36. The van der Waals surface area contributed by atoms with Crippen LogP contribution in [0.5, 0.6) is 23.0 Å². The Balaban J connectivity index is 1.45. The molecule has 2 heterocycles. The van der Waals surface area contributed by atoms with E-state index in [-0.39, 0.29) is 0 Å². The first-order valence-corrected chi connectivity index (χ1v) is 17.9. The van der Waals surface area contributed by atoms with Crippen molar-refractivity contribution in [2.24, 2.45) is 0 Å². The van der Waals surface area contributed by atoms with Crippen LogP contribution < -0.4 is 25.4 Å². The molecule has 1 atom stereocenters. The monoisotopic (exact) mass is 638 g/mol. The van der Waals surface area contributed by atoms with Crippen LogP contribution in [-0.4, -0.2) is 0 Å². The Hall–Kier alpha value is -5.63. The highest BCUT2D eigenvalue weighted by molar-refractivity contribution is 7.86. The summed E-state index contributed by atoms with van der Waals surface area (Å²) in [5, 5.41) is 1.99. The SMILES string of the molecule is Cc1ccccc1-c1cccc2c1Oc1c(-c3ccccc3)cc(-c3ccccc3C)c3c1P2(=O)c1cccc(-c2ccccc2)c1O3. The Morgan fingerprint density at radius 1 is 0.396 bits per heavy atom. The van der Waals surface area contributed by atoms with Gasteiger partial charge in [-0.1, -0.05) is 133 Å². The molecule has 0 spiro atoms. The summed E-state index contributed by atoms with van der Waals surface area (Å²) in [7, 11) is -3.58. The van der Waals surface area contributed by atoms with Gasteiger partial charge in [0.2, 0.25) is 0 Å².